The van der Waals surface area contributed by atoms with Crippen LogP contribution in [0.25, 0.3) is 0 Å². The highest BCUT2D eigenvalue weighted by Gasteiger charge is 2.27. The van der Waals surface area contributed by atoms with Crippen LogP contribution in [0.4, 0.5) is 5.69 Å². The summed E-state index contributed by atoms with van der Waals surface area (Å²) in [5, 5.41) is 4.09. The first-order chi connectivity index (χ1) is 17.7. The fourth-order valence-corrected chi connectivity index (χ4v) is 6.59. The normalized spacial score (nSPS) is 15.1. The van der Waals surface area contributed by atoms with Gasteiger partial charge in [-0.05, 0) is 73.3 Å². The second-order valence-electron chi connectivity index (χ2n) is 10.00. The lowest BCUT2D eigenvalue weighted by molar-refractivity contribution is 0.352. The van der Waals surface area contributed by atoms with E-state index in [1.54, 1.807) is 12.1 Å². The smallest absolute Gasteiger partial charge is 0.213 e. The van der Waals surface area contributed by atoms with E-state index in [4.69, 9.17) is 4.52 Å². The molecule has 0 N–H and O–H groups in total. The van der Waals surface area contributed by atoms with Gasteiger partial charge in [-0.25, -0.2) is 8.42 Å². The first-order valence-corrected chi connectivity index (χ1v) is 13.9. The van der Waals surface area contributed by atoms with E-state index in [2.05, 4.69) is 34.2 Å². The second-order valence-corrected chi connectivity index (χ2v) is 11.9. The molecule has 0 saturated heterocycles. The van der Waals surface area contributed by atoms with E-state index in [0.717, 1.165) is 53.9 Å². The molecule has 2 heterocycles. The third kappa shape index (κ3) is 5.04. The molecule has 192 valence electrons. The molecule has 1 unspecified atom stereocenters. The molecule has 7 nitrogen and oxygen atoms in total. The van der Waals surface area contributed by atoms with Gasteiger partial charge in [-0.1, -0.05) is 47.1 Å². The lowest BCUT2D eigenvalue weighted by Crippen LogP contribution is -2.20. The molecule has 37 heavy (non-hydrogen) atoms. The van der Waals surface area contributed by atoms with Crippen molar-refractivity contribution in [2.75, 3.05) is 39.1 Å². The number of aryl methyl sites for hydroxylation is 1. The van der Waals surface area contributed by atoms with Crippen molar-refractivity contribution in [1.82, 2.24) is 15.0 Å². The molecule has 3 aromatic carbocycles. The topological polar surface area (TPSA) is 79.5 Å². The number of hydrogen-bond acceptors (Lipinski definition) is 7. The van der Waals surface area contributed by atoms with Gasteiger partial charge in [0.15, 0.2) is 5.82 Å². The van der Waals surface area contributed by atoms with Crippen LogP contribution in [-0.2, 0) is 22.7 Å². The van der Waals surface area contributed by atoms with Crippen molar-refractivity contribution in [2.24, 2.45) is 0 Å². The number of anilines is 1. The summed E-state index contributed by atoms with van der Waals surface area (Å²) in [5.74, 6) is 0.268. The van der Waals surface area contributed by atoms with Gasteiger partial charge < -0.3 is 14.3 Å². The van der Waals surface area contributed by atoms with Crippen molar-refractivity contribution in [3.05, 3.63) is 101 Å². The number of hydrogen-bond donors (Lipinski definition) is 0. The number of sulfone groups is 1. The van der Waals surface area contributed by atoms with E-state index in [0.29, 0.717) is 10.7 Å². The molecular weight excluding hydrogens is 484 g/mol. The van der Waals surface area contributed by atoms with Crippen LogP contribution in [0.1, 0.15) is 39.6 Å². The van der Waals surface area contributed by atoms with Crippen LogP contribution in [0.2, 0.25) is 0 Å². The zero-order valence-corrected chi connectivity index (χ0v) is 22.5. The fourth-order valence-electron chi connectivity index (χ4n) is 5.03. The van der Waals surface area contributed by atoms with E-state index < -0.39 is 9.84 Å². The van der Waals surface area contributed by atoms with Gasteiger partial charge in [0.05, 0.1) is 21.4 Å². The Morgan fingerprint density at radius 3 is 2.27 bits per heavy atom. The van der Waals surface area contributed by atoms with Crippen molar-refractivity contribution >= 4 is 15.5 Å². The van der Waals surface area contributed by atoms with E-state index in [9.17, 15) is 8.42 Å². The molecule has 0 amide bonds. The van der Waals surface area contributed by atoms with E-state index >= 15 is 0 Å². The lowest BCUT2D eigenvalue weighted by atomic mass is 9.90. The fraction of sp³-hybridized carbons (Fsp3) is 0.310. The largest absolute Gasteiger partial charge is 0.377 e. The zero-order valence-electron chi connectivity index (χ0n) is 21.7. The van der Waals surface area contributed by atoms with Crippen molar-refractivity contribution in [3.63, 3.8) is 0 Å². The number of benzene rings is 3. The van der Waals surface area contributed by atoms with Crippen molar-refractivity contribution in [1.29, 1.82) is 0 Å². The van der Waals surface area contributed by atoms with Crippen LogP contribution in [0.5, 0.6) is 0 Å². The third-order valence-corrected chi connectivity index (χ3v) is 8.91. The van der Waals surface area contributed by atoms with Crippen LogP contribution in [-0.4, -0.2) is 57.7 Å². The van der Waals surface area contributed by atoms with Crippen LogP contribution < -0.4 is 4.90 Å². The highest BCUT2D eigenvalue weighted by atomic mass is 32.2. The Morgan fingerprint density at radius 2 is 1.65 bits per heavy atom. The Balaban J connectivity index is 1.55. The third-order valence-electron chi connectivity index (χ3n) is 7.11. The second kappa shape index (κ2) is 10.1. The van der Waals surface area contributed by atoms with E-state index in [1.165, 1.54) is 12.0 Å². The molecule has 0 fully saturated rings. The van der Waals surface area contributed by atoms with Gasteiger partial charge in [0, 0.05) is 27.2 Å². The van der Waals surface area contributed by atoms with Crippen molar-refractivity contribution in [2.45, 2.75) is 35.5 Å². The molecule has 1 atom stereocenters. The first-order valence-electron chi connectivity index (χ1n) is 12.4. The molecule has 1 aromatic heterocycles. The zero-order chi connectivity index (χ0) is 26.2. The Labute approximate surface area is 218 Å². The monoisotopic (exact) mass is 516 g/mol. The molecular formula is C29H32N4O3S. The summed E-state index contributed by atoms with van der Waals surface area (Å²) in [6.45, 7) is 3.92. The molecule has 4 aromatic rings. The maximum Gasteiger partial charge on any atom is 0.213 e. The maximum atomic E-state index is 13.9. The van der Waals surface area contributed by atoms with Crippen LogP contribution in [0, 0.1) is 6.92 Å². The van der Waals surface area contributed by atoms with Gasteiger partial charge in [0.2, 0.25) is 16.2 Å². The molecule has 0 bridgehead atoms. The first kappa shape index (κ1) is 25.2. The number of aromatic nitrogens is 2. The van der Waals surface area contributed by atoms with Gasteiger partial charge in [-0.3, -0.25) is 0 Å². The summed E-state index contributed by atoms with van der Waals surface area (Å²) < 4.78 is 32.9. The van der Waals surface area contributed by atoms with Gasteiger partial charge >= 0.3 is 0 Å². The molecule has 8 heteroatoms. The Bertz CT molecular complexity index is 1500. The van der Waals surface area contributed by atoms with E-state index in [-0.39, 0.29) is 10.8 Å². The Morgan fingerprint density at radius 1 is 0.946 bits per heavy atom. The average Bonchev–Trinajstić information content (AvgIpc) is 3.34. The lowest BCUT2D eigenvalue weighted by Gasteiger charge is -2.21. The summed E-state index contributed by atoms with van der Waals surface area (Å²) in [6.07, 6.45) is 3.07. The minimum atomic E-state index is -3.75. The highest BCUT2D eigenvalue weighted by molar-refractivity contribution is 7.91. The number of rotatable bonds is 6. The highest BCUT2D eigenvalue weighted by Crippen LogP contribution is 2.35. The number of nitrogens with zero attached hydrogens (tertiary/aromatic N) is 4. The predicted octanol–water partition coefficient (Wildman–Crippen LogP) is 4.49. The Kier molecular flexibility index (Phi) is 6.88. The molecule has 1 aliphatic heterocycles. The molecule has 5 rings (SSSR count). The standard InChI is InChI=1S/C29H32N4O3S/c1-20-6-5-7-24(16-20)28(29-30-19-36-31-29)21-8-10-25(11-9-21)37(34,35)27-18-23-13-15-33(4)14-12-22(23)17-26(27)32(2)3/h5-11,16-19,28H,12-15H2,1-4H3. The summed E-state index contributed by atoms with van der Waals surface area (Å²) in [7, 11) is 2.15. The molecule has 0 spiro atoms. The molecule has 0 radical (unpaired) electrons. The predicted molar refractivity (Wildman–Crippen MR) is 144 cm³/mol. The van der Waals surface area contributed by atoms with Crippen LogP contribution in [0.3, 0.4) is 0 Å². The van der Waals surface area contributed by atoms with E-state index in [1.807, 2.05) is 62.3 Å². The summed E-state index contributed by atoms with van der Waals surface area (Å²) in [4.78, 5) is 9.09. The minimum absolute atomic E-state index is 0.265. The Hall–Kier alpha value is -3.49. The minimum Gasteiger partial charge on any atom is -0.377 e. The SMILES string of the molecule is Cc1cccc(C(c2ccc(S(=O)(=O)c3cc4c(cc3N(C)C)CCN(C)CC4)cc2)c2ncon2)c1. The van der Waals surface area contributed by atoms with Crippen LogP contribution in [0.15, 0.2) is 81.4 Å². The van der Waals surface area contributed by atoms with Crippen LogP contribution >= 0.6 is 0 Å². The van der Waals surface area contributed by atoms with Crippen molar-refractivity contribution in [3.8, 4) is 0 Å². The van der Waals surface area contributed by atoms with Gasteiger partial charge in [0.1, 0.15) is 0 Å². The molecule has 0 aliphatic carbocycles. The summed E-state index contributed by atoms with van der Waals surface area (Å²) in [5.41, 5.74) is 6.09. The van der Waals surface area contributed by atoms with Gasteiger partial charge in [0.25, 0.3) is 0 Å². The molecule has 0 saturated carbocycles. The van der Waals surface area contributed by atoms with Gasteiger partial charge in [-0.15, -0.1) is 0 Å². The van der Waals surface area contributed by atoms with Crippen molar-refractivity contribution < 1.29 is 12.9 Å². The number of fused-ring (bicyclic) bond motifs is 1. The quantitative estimate of drug-likeness (QED) is 0.374. The molecule has 1 aliphatic rings. The summed E-state index contributed by atoms with van der Waals surface area (Å²) in [6, 6.07) is 19.2. The average molecular weight is 517 g/mol. The maximum absolute atomic E-state index is 13.9. The van der Waals surface area contributed by atoms with Gasteiger partial charge in [-0.2, -0.15) is 4.98 Å². The summed E-state index contributed by atoms with van der Waals surface area (Å²) >= 11 is 0. The number of likely N-dealkylation sites (N-methyl/N-ethyl adjacent to an activating group) is 1.